The van der Waals surface area contributed by atoms with E-state index in [0.29, 0.717) is 5.02 Å². The standard InChI is InChI=1S/C9H10Cl2N2/c10-6-1-2-8(11)9(3-6)13-4-7(12)5-13/h1-3,7H,4-5,12H2. The van der Waals surface area contributed by atoms with Gasteiger partial charge < -0.3 is 10.6 Å². The molecule has 1 aromatic carbocycles. The maximum atomic E-state index is 6.01. The second-order valence-electron chi connectivity index (χ2n) is 3.26. The summed E-state index contributed by atoms with van der Waals surface area (Å²) in [4.78, 5) is 2.12. The molecule has 0 aliphatic carbocycles. The first-order valence-electron chi connectivity index (χ1n) is 4.12. The summed E-state index contributed by atoms with van der Waals surface area (Å²) >= 11 is 11.9. The number of benzene rings is 1. The van der Waals surface area contributed by atoms with Crippen LogP contribution in [0.4, 0.5) is 5.69 Å². The molecule has 1 aromatic rings. The number of hydrogen-bond acceptors (Lipinski definition) is 2. The first kappa shape index (κ1) is 9.13. The van der Waals surface area contributed by atoms with E-state index >= 15 is 0 Å². The summed E-state index contributed by atoms with van der Waals surface area (Å²) in [6.45, 7) is 1.72. The monoisotopic (exact) mass is 216 g/mol. The van der Waals surface area contributed by atoms with E-state index in [-0.39, 0.29) is 6.04 Å². The number of halogens is 2. The zero-order valence-corrected chi connectivity index (χ0v) is 8.52. The normalized spacial score (nSPS) is 17.3. The summed E-state index contributed by atoms with van der Waals surface area (Å²) in [5.41, 5.74) is 6.66. The van der Waals surface area contributed by atoms with Crippen LogP contribution < -0.4 is 10.6 Å². The summed E-state index contributed by atoms with van der Waals surface area (Å²) in [6, 6.07) is 5.74. The third-order valence-corrected chi connectivity index (χ3v) is 2.71. The quantitative estimate of drug-likeness (QED) is 0.780. The number of rotatable bonds is 1. The fourth-order valence-corrected chi connectivity index (χ4v) is 1.84. The summed E-state index contributed by atoms with van der Waals surface area (Å²) < 4.78 is 0. The molecule has 4 heteroatoms. The highest BCUT2D eigenvalue weighted by Gasteiger charge is 2.24. The molecule has 0 atom stereocenters. The second-order valence-corrected chi connectivity index (χ2v) is 4.10. The predicted molar refractivity (Wildman–Crippen MR) is 56.7 cm³/mol. The van der Waals surface area contributed by atoms with E-state index in [1.807, 2.05) is 12.1 Å². The van der Waals surface area contributed by atoms with Crippen molar-refractivity contribution in [2.45, 2.75) is 6.04 Å². The van der Waals surface area contributed by atoms with Gasteiger partial charge in [0.05, 0.1) is 10.7 Å². The summed E-state index contributed by atoms with van der Waals surface area (Å²) in [6.07, 6.45) is 0. The van der Waals surface area contributed by atoms with Crippen LogP contribution in [-0.2, 0) is 0 Å². The van der Waals surface area contributed by atoms with Gasteiger partial charge in [0.1, 0.15) is 0 Å². The summed E-state index contributed by atoms with van der Waals surface area (Å²) in [5.74, 6) is 0. The van der Waals surface area contributed by atoms with Crippen molar-refractivity contribution in [3.63, 3.8) is 0 Å². The lowest BCUT2D eigenvalue weighted by Crippen LogP contribution is -2.55. The van der Waals surface area contributed by atoms with Crippen molar-refractivity contribution in [3.8, 4) is 0 Å². The van der Waals surface area contributed by atoms with Gasteiger partial charge in [0.25, 0.3) is 0 Å². The number of anilines is 1. The van der Waals surface area contributed by atoms with E-state index in [0.717, 1.165) is 23.8 Å². The first-order chi connectivity index (χ1) is 6.16. The number of nitrogens with zero attached hydrogens (tertiary/aromatic N) is 1. The van der Waals surface area contributed by atoms with E-state index in [1.165, 1.54) is 0 Å². The highest BCUT2D eigenvalue weighted by Crippen LogP contribution is 2.31. The van der Waals surface area contributed by atoms with Crippen molar-refractivity contribution in [2.24, 2.45) is 5.73 Å². The van der Waals surface area contributed by atoms with E-state index in [4.69, 9.17) is 28.9 Å². The Labute approximate surface area is 87.2 Å². The SMILES string of the molecule is NC1CN(c2cc(Cl)ccc2Cl)C1. The van der Waals surface area contributed by atoms with Gasteiger partial charge in [0.2, 0.25) is 0 Å². The van der Waals surface area contributed by atoms with Crippen molar-refractivity contribution < 1.29 is 0 Å². The van der Waals surface area contributed by atoms with E-state index in [9.17, 15) is 0 Å². The highest BCUT2D eigenvalue weighted by atomic mass is 35.5. The molecule has 0 radical (unpaired) electrons. The Balaban J connectivity index is 2.24. The number of hydrogen-bond donors (Lipinski definition) is 1. The lowest BCUT2D eigenvalue weighted by Gasteiger charge is -2.39. The molecule has 2 N–H and O–H groups in total. The minimum atomic E-state index is 0.273. The van der Waals surface area contributed by atoms with E-state index in [2.05, 4.69) is 4.90 Å². The molecule has 1 aliphatic rings. The van der Waals surface area contributed by atoms with Crippen LogP contribution in [0.5, 0.6) is 0 Å². The van der Waals surface area contributed by atoms with Crippen LogP contribution in [-0.4, -0.2) is 19.1 Å². The van der Waals surface area contributed by atoms with Crippen LogP contribution in [0.3, 0.4) is 0 Å². The van der Waals surface area contributed by atoms with Gasteiger partial charge in [-0.1, -0.05) is 23.2 Å². The molecule has 1 saturated heterocycles. The minimum Gasteiger partial charge on any atom is -0.367 e. The zero-order valence-electron chi connectivity index (χ0n) is 7.00. The van der Waals surface area contributed by atoms with Gasteiger partial charge in [-0.25, -0.2) is 0 Å². The molecular formula is C9H10Cl2N2. The topological polar surface area (TPSA) is 29.3 Å². The van der Waals surface area contributed by atoms with Gasteiger partial charge in [-0.05, 0) is 18.2 Å². The molecule has 1 heterocycles. The fraction of sp³-hybridized carbons (Fsp3) is 0.333. The second kappa shape index (κ2) is 3.37. The zero-order chi connectivity index (χ0) is 9.42. The Bertz CT molecular complexity index is 321. The van der Waals surface area contributed by atoms with Gasteiger partial charge in [-0.3, -0.25) is 0 Å². The molecule has 70 valence electrons. The van der Waals surface area contributed by atoms with Crippen LogP contribution in [0.25, 0.3) is 0 Å². The average molecular weight is 217 g/mol. The van der Waals surface area contributed by atoms with Gasteiger partial charge in [0.15, 0.2) is 0 Å². The number of nitrogens with two attached hydrogens (primary N) is 1. The summed E-state index contributed by atoms with van der Waals surface area (Å²) in [7, 11) is 0. The molecule has 0 amide bonds. The van der Waals surface area contributed by atoms with Crippen LogP contribution in [0.2, 0.25) is 10.0 Å². The molecule has 0 unspecified atom stereocenters. The van der Waals surface area contributed by atoms with Crippen LogP contribution in [0.15, 0.2) is 18.2 Å². The van der Waals surface area contributed by atoms with E-state index in [1.54, 1.807) is 6.07 Å². The largest absolute Gasteiger partial charge is 0.367 e. The average Bonchev–Trinajstić information content (AvgIpc) is 2.04. The maximum Gasteiger partial charge on any atom is 0.0640 e. The highest BCUT2D eigenvalue weighted by molar-refractivity contribution is 6.35. The van der Waals surface area contributed by atoms with Gasteiger partial charge in [0, 0.05) is 24.2 Å². The van der Waals surface area contributed by atoms with E-state index < -0.39 is 0 Å². The molecule has 0 spiro atoms. The maximum absolute atomic E-state index is 6.01. The van der Waals surface area contributed by atoms with Gasteiger partial charge in [-0.2, -0.15) is 0 Å². The third kappa shape index (κ3) is 1.75. The van der Waals surface area contributed by atoms with Crippen molar-refractivity contribution in [2.75, 3.05) is 18.0 Å². The molecule has 13 heavy (non-hydrogen) atoms. The Morgan fingerprint density at radius 2 is 2.00 bits per heavy atom. The lowest BCUT2D eigenvalue weighted by molar-refractivity contribution is 0.519. The summed E-state index contributed by atoms with van der Waals surface area (Å²) in [5, 5.41) is 1.44. The Hall–Kier alpha value is -0.440. The smallest absolute Gasteiger partial charge is 0.0640 e. The molecular weight excluding hydrogens is 207 g/mol. The van der Waals surface area contributed by atoms with Crippen molar-refractivity contribution in [1.29, 1.82) is 0 Å². The predicted octanol–water partition coefficient (Wildman–Crippen LogP) is 2.14. The molecule has 0 aromatic heterocycles. The van der Waals surface area contributed by atoms with Crippen molar-refractivity contribution >= 4 is 28.9 Å². The first-order valence-corrected chi connectivity index (χ1v) is 4.88. The Morgan fingerprint density at radius 1 is 1.31 bits per heavy atom. The van der Waals surface area contributed by atoms with Gasteiger partial charge in [-0.15, -0.1) is 0 Å². The van der Waals surface area contributed by atoms with Crippen LogP contribution in [0.1, 0.15) is 0 Å². The molecule has 1 fully saturated rings. The molecule has 2 nitrogen and oxygen atoms in total. The molecule has 1 aliphatic heterocycles. The van der Waals surface area contributed by atoms with Crippen LogP contribution >= 0.6 is 23.2 Å². The van der Waals surface area contributed by atoms with Crippen molar-refractivity contribution in [3.05, 3.63) is 28.2 Å². The van der Waals surface area contributed by atoms with Crippen molar-refractivity contribution in [1.82, 2.24) is 0 Å². The molecule has 0 saturated carbocycles. The fourth-order valence-electron chi connectivity index (χ4n) is 1.44. The minimum absolute atomic E-state index is 0.273. The Kier molecular flexibility index (Phi) is 2.37. The van der Waals surface area contributed by atoms with Gasteiger partial charge >= 0.3 is 0 Å². The third-order valence-electron chi connectivity index (χ3n) is 2.16. The lowest BCUT2D eigenvalue weighted by atomic mass is 10.1. The molecule has 2 rings (SSSR count). The van der Waals surface area contributed by atoms with Crippen LogP contribution in [0, 0.1) is 0 Å². The molecule has 0 bridgehead atoms. The Morgan fingerprint density at radius 3 is 2.62 bits per heavy atom.